The number of imidazole rings is 2. The predicted molar refractivity (Wildman–Crippen MR) is 94.4 cm³/mol. The number of carbonyl (C=O) groups excluding carboxylic acids is 1. The normalized spacial score (nSPS) is 10.8. The minimum absolute atomic E-state index is 0.283. The molecule has 0 unspecified atom stereocenters. The van der Waals surface area contributed by atoms with Crippen molar-refractivity contribution in [2.45, 2.75) is 0 Å². The maximum absolute atomic E-state index is 12.7. The maximum Gasteiger partial charge on any atom is 0.288 e. The molecule has 7 heteroatoms. The van der Waals surface area contributed by atoms with Gasteiger partial charge in [0.05, 0.1) is 11.0 Å². The summed E-state index contributed by atoms with van der Waals surface area (Å²) in [6, 6.07) is 17.1. The van der Waals surface area contributed by atoms with Crippen molar-refractivity contribution in [1.29, 1.82) is 0 Å². The lowest BCUT2D eigenvalue weighted by atomic mass is 10.3. The van der Waals surface area contributed by atoms with E-state index in [2.05, 4.69) is 15.4 Å². The molecule has 2 N–H and O–H groups in total. The summed E-state index contributed by atoms with van der Waals surface area (Å²) in [5.74, 6) is -0.283. The van der Waals surface area contributed by atoms with Crippen LogP contribution in [0.1, 0.15) is 10.5 Å². The number of carbonyl (C=O) groups is 1. The highest BCUT2D eigenvalue weighted by Crippen LogP contribution is 2.14. The summed E-state index contributed by atoms with van der Waals surface area (Å²) < 4.78 is 3.76. The number of para-hydroxylation sites is 3. The lowest BCUT2D eigenvalue weighted by Gasteiger charge is -2.10. The Kier molecular flexibility index (Phi) is 3.47. The number of benzene rings is 2. The molecule has 0 saturated heterocycles. The van der Waals surface area contributed by atoms with E-state index in [-0.39, 0.29) is 5.91 Å². The molecule has 0 atom stereocenters. The zero-order valence-corrected chi connectivity index (χ0v) is 13.3. The minimum Gasteiger partial charge on any atom is -0.336 e. The number of rotatable bonds is 3. The molecule has 24 heavy (non-hydrogen) atoms. The number of hydrogen-bond acceptors (Lipinski definition) is 3. The van der Waals surface area contributed by atoms with Gasteiger partial charge in [-0.15, -0.1) is 0 Å². The second-order valence-corrected chi connectivity index (χ2v) is 5.58. The summed E-state index contributed by atoms with van der Waals surface area (Å²) in [5.41, 5.74) is 5.71. The first-order valence-electron chi connectivity index (χ1n) is 7.33. The third-order valence-corrected chi connectivity index (χ3v) is 4.00. The number of nitrogens with zero attached hydrogens (tertiary/aromatic N) is 3. The fraction of sp³-hybridized carbons (Fsp3) is 0. The number of aromatic amines is 1. The molecule has 4 rings (SSSR count). The lowest BCUT2D eigenvalue weighted by molar-refractivity contribution is 0.100. The molecule has 0 bridgehead atoms. The highest BCUT2D eigenvalue weighted by molar-refractivity contribution is 7.71. The molecule has 0 fully saturated rings. The van der Waals surface area contributed by atoms with Gasteiger partial charge in [0.1, 0.15) is 12.0 Å². The van der Waals surface area contributed by atoms with Crippen molar-refractivity contribution in [2.24, 2.45) is 0 Å². The van der Waals surface area contributed by atoms with Crippen molar-refractivity contribution >= 4 is 29.2 Å². The van der Waals surface area contributed by atoms with E-state index in [4.69, 9.17) is 12.2 Å². The second-order valence-electron chi connectivity index (χ2n) is 5.19. The van der Waals surface area contributed by atoms with Crippen LogP contribution in [0.3, 0.4) is 0 Å². The summed E-state index contributed by atoms with van der Waals surface area (Å²) in [6.45, 7) is 0. The molecule has 0 saturated carbocycles. The Morgan fingerprint density at radius 1 is 1.08 bits per heavy atom. The van der Waals surface area contributed by atoms with Gasteiger partial charge in [-0.25, -0.2) is 9.66 Å². The lowest BCUT2D eigenvalue weighted by Crippen LogP contribution is -2.24. The van der Waals surface area contributed by atoms with Crippen LogP contribution in [0.15, 0.2) is 67.1 Å². The Balaban J connectivity index is 1.72. The molecule has 0 aliphatic carbocycles. The number of amides is 1. The van der Waals surface area contributed by atoms with E-state index in [1.165, 1.54) is 0 Å². The van der Waals surface area contributed by atoms with Crippen LogP contribution in [-0.2, 0) is 0 Å². The molecule has 118 valence electrons. The molecule has 1 amide bonds. The third-order valence-electron chi connectivity index (χ3n) is 3.70. The highest BCUT2D eigenvalue weighted by Gasteiger charge is 2.15. The summed E-state index contributed by atoms with van der Waals surface area (Å²) in [5, 5.41) is 0. The quantitative estimate of drug-likeness (QED) is 0.565. The molecule has 0 aliphatic rings. The van der Waals surface area contributed by atoms with E-state index in [0.717, 1.165) is 16.7 Å². The molecule has 2 aromatic heterocycles. The minimum atomic E-state index is -0.283. The molecular formula is C17H13N5OS. The second kappa shape index (κ2) is 5.78. The molecule has 2 aromatic carbocycles. The van der Waals surface area contributed by atoms with Crippen LogP contribution in [0, 0.1) is 4.77 Å². The first-order valence-corrected chi connectivity index (χ1v) is 7.74. The number of fused-ring (bicyclic) bond motifs is 1. The van der Waals surface area contributed by atoms with Gasteiger partial charge in [-0.2, -0.15) is 0 Å². The van der Waals surface area contributed by atoms with Crippen LogP contribution < -0.4 is 5.43 Å². The smallest absolute Gasteiger partial charge is 0.288 e. The van der Waals surface area contributed by atoms with Crippen molar-refractivity contribution < 1.29 is 4.79 Å². The monoisotopic (exact) mass is 335 g/mol. The van der Waals surface area contributed by atoms with Crippen molar-refractivity contribution in [3.8, 4) is 5.69 Å². The van der Waals surface area contributed by atoms with Crippen molar-refractivity contribution in [1.82, 2.24) is 19.2 Å². The number of nitrogens with one attached hydrogen (secondary N) is 2. The Bertz CT molecular complexity index is 1080. The van der Waals surface area contributed by atoms with Crippen LogP contribution in [0.25, 0.3) is 16.7 Å². The fourth-order valence-electron chi connectivity index (χ4n) is 2.58. The van der Waals surface area contributed by atoms with Crippen molar-refractivity contribution in [2.75, 3.05) is 5.43 Å². The molecule has 0 spiro atoms. The largest absolute Gasteiger partial charge is 0.336 e. The Hall–Kier alpha value is -3.19. The zero-order valence-electron chi connectivity index (χ0n) is 12.5. The number of H-pyrrole nitrogens is 1. The molecule has 6 nitrogen and oxygen atoms in total. The van der Waals surface area contributed by atoms with Gasteiger partial charge in [-0.05, 0) is 36.5 Å². The summed E-state index contributed by atoms with van der Waals surface area (Å²) in [6.07, 6.45) is 3.18. The topological polar surface area (TPSA) is 67.6 Å². The Morgan fingerprint density at radius 3 is 2.67 bits per heavy atom. The van der Waals surface area contributed by atoms with Gasteiger partial charge in [0, 0.05) is 11.9 Å². The van der Waals surface area contributed by atoms with Gasteiger partial charge < -0.3 is 4.98 Å². The van der Waals surface area contributed by atoms with Gasteiger partial charge in [0.25, 0.3) is 5.91 Å². The van der Waals surface area contributed by atoms with Gasteiger partial charge in [-0.3, -0.25) is 14.8 Å². The van der Waals surface area contributed by atoms with Crippen LogP contribution >= 0.6 is 12.2 Å². The average Bonchev–Trinajstić information content (AvgIpc) is 3.20. The molecule has 2 heterocycles. The fourth-order valence-corrected chi connectivity index (χ4v) is 2.85. The van der Waals surface area contributed by atoms with E-state index < -0.39 is 0 Å². The highest BCUT2D eigenvalue weighted by atomic mass is 32.1. The van der Waals surface area contributed by atoms with Crippen molar-refractivity contribution in [3.05, 3.63) is 77.6 Å². The number of hydrogen-bond donors (Lipinski definition) is 2. The van der Waals surface area contributed by atoms with E-state index >= 15 is 0 Å². The molecule has 4 aromatic rings. The van der Waals surface area contributed by atoms with E-state index in [1.54, 1.807) is 21.8 Å². The summed E-state index contributed by atoms with van der Waals surface area (Å²) in [4.78, 5) is 19.9. The summed E-state index contributed by atoms with van der Waals surface area (Å²) in [7, 11) is 0. The van der Waals surface area contributed by atoms with Gasteiger partial charge in [-0.1, -0.05) is 30.3 Å². The predicted octanol–water partition coefficient (Wildman–Crippen LogP) is 3.27. The van der Waals surface area contributed by atoms with Gasteiger partial charge in [0.15, 0.2) is 4.77 Å². The van der Waals surface area contributed by atoms with Gasteiger partial charge in [0.2, 0.25) is 0 Å². The van der Waals surface area contributed by atoms with E-state index in [1.807, 2.05) is 54.6 Å². The standard InChI is InChI=1S/C17H13N5OS/c23-16(20-21-11-19-13-8-4-5-9-14(13)21)15-10-18-17(24)22(15)12-6-2-1-3-7-12/h1-11H,(H,18,24)(H,20,23). The van der Waals surface area contributed by atoms with Crippen molar-refractivity contribution in [3.63, 3.8) is 0 Å². The van der Waals surface area contributed by atoms with E-state index in [0.29, 0.717) is 10.5 Å². The van der Waals surface area contributed by atoms with E-state index in [9.17, 15) is 4.79 Å². The first kappa shape index (κ1) is 14.4. The summed E-state index contributed by atoms with van der Waals surface area (Å²) >= 11 is 5.31. The molecule has 0 aliphatic heterocycles. The Labute approximate surface area is 142 Å². The molecule has 0 radical (unpaired) electrons. The average molecular weight is 335 g/mol. The first-order chi connectivity index (χ1) is 11.7. The maximum atomic E-state index is 12.7. The number of aromatic nitrogens is 4. The SMILES string of the molecule is O=C(Nn1cnc2ccccc21)c1c[nH]c(=S)n1-c1ccccc1. The van der Waals surface area contributed by atoms with Crippen LogP contribution in [-0.4, -0.2) is 25.1 Å². The third kappa shape index (κ3) is 2.40. The van der Waals surface area contributed by atoms with Crippen LogP contribution in [0.2, 0.25) is 0 Å². The zero-order chi connectivity index (χ0) is 16.5. The van der Waals surface area contributed by atoms with Gasteiger partial charge >= 0.3 is 0 Å². The van der Waals surface area contributed by atoms with Crippen LogP contribution in [0.4, 0.5) is 0 Å². The Morgan fingerprint density at radius 2 is 1.83 bits per heavy atom. The molecular weight excluding hydrogens is 322 g/mol. The van der Waals surface area contributed by atoms with Crippen LogP contribution in [0.5, 0.6) is 0 Å².